The van der Waals surface area contributed by atoms with E-state index >= 15 is 0 Å². The Morgan fingerprint density at radius 2 is 0.923 bits per heavy atom. The van der Waals surface area contributed by atoms with E-state index in [0.717, 1.165) is 24.9 Å². The Labute approximate surface area is 463 Å². The largest absolute Gasteiger partial charge is 0.310 e. The van der Waals surface area contributed by atoms with Crippen molar-refractivity contribution in [2.75, 3.05) is 4.90 Å². The first-order valence-corrected chi connectivity index (χ1v) is 28.6. The van der Waals surface area contributed by atoms with Gasteiger partial charge in [0.25, 0.3) is 0 Å². The zero-order chi connectivity index (χ0) is 52.5. The molecule has 4 heteroatoms. The smallest absolute Gasteiger partial charge is 0.249 e. The molecule has 1 aromatic heterocycles. The predicted molar refractivity (Wildman–Crippen MR) is 335 cm³/mol. The summed E-state index contributed by atoms with van der Waals surface area (Å²) in [7, 11) is 0. The molecule has 374 valence electrons. The van der Waals surface area contributed by atoms with E-state index in [2.05, 4.69) is 286 Å². The minimum atomic E-state index is -0.152. The summed E-state index contributed by atoms with van der Waals surface area (Å²) in [5.74, 6) is 0. The number of unbranched alkanes of at least 4 members (excludes halogenated alkanes) is 1. The molecule has 2 aliphatic rings. The molecule has 11 aromatic carbocycles. The monoisotopic (exact) mass is 1020 g/mol. The van der Waals surface area contributed by atoms with Crippen LogP contribution in [0.15, 0.2) is 259 Å². The molecule has 14 rings (SSSR count). The molecule has 0 bridgehead atoms. The standard InChI is InChI=1S/C74H59BN2S/c1-5-6-20-49-43-69-72-71(44-49)78-70-42-39-57(52-25-14-9-15-26-52)45-65(70)75(72)64-41-40-59(76-66-29-18-16-27-60(66)61-28-17-19-30-67(61)76)48-68(64)77(69)73-62(55-35-31-53(32-36-55)50-21-10-7-11-22-50)46-58(74(2,3)4)47-63(73)56-37-33-54(34-38-56)51-23-12-8-13-24-51/h7-19,21-48H,5-6,20H2,1-4H3. The van der Waals surface area contributed by atoms with E-state index in [1.54, 1.807) is 0 Å². The number of rotatable bonds is 10. The Kier molecular flexibility index (Phi) is 11.9. The van der Waals surface area contributed by atoms with Crippen molar-refractivity contribution in [2.45, 2.75) is 62.2 Å². The number of para-hydroxylation sites is 2. The summed E-state index contributed by atoms with van der Waals surface area (Å²) >= 11 is 1.95. The minimum Gasteiger partial charge on any atom is -0.310 e. The first-order valence-electron chi connectivity index (χ1n) is 27.7. The highest BCUT2D eigenvalue weighted by Gasteiger charge is 2.43. The summed E-state index contributed by atoms with van der Waals surface area (Å²) in [4.78, 5) is 5.39. The van der Waals surface area contributed by atoms with Crippen molar-refractivity contribution in [2.24, 2.45) is 0 Å². The maximum atomic E-state index is 2.72. The summed E-state index contributed by atoms with van der Waals surface area (Å²) in [5.41, 5.74) is 25.8. The predicted octanol–water partition coefficient (Wildman–Crippen LogP) is 18.5. The Morgan fingerprint density at radius 1 is 0.423 bits per heavy atom. The summed E-state index contributed by atoms with van der Waals surface area (Å²) in [6.45, 7) is 9.38. The van der Waals surface area contributed by atoms with E-state index in [-0.39, 0.29) is 12.1 Å². The normalized spacial score (nSPS) is 12.7. The van der Waals surface area contributed by atoms with Crippen LogP contribution in [-0.4, -0.2) is 11.3 Å². The van der Waals surface area contributed by atoms with Crippen LogP contribution >= 0.6 is 11.8 Å². The molecule has 3 heterocycles. The van der Waals surface area contributed by atoms with E-state index in [1.807, 2.05) is 11.8 Å². The third-order valence-corrected chi connectivity index (χ3v) is 17.5. The van der Waals surface area contributed by atoms with E-state index < -0.39 is 0 Å². The molecule has 0 amide bonds. The summed E-state index contributed by atoms with van der Waals surface area (Å²) in [6.07, 6.45) is 3.26. The maximum Gasteiger partial charge on any atom is 0.249 e. The molecule has 2 aliphatic heterocycles. The maximum absolute atomic E-state index is 2.72. The highest BCUT2D eigenvalue weighted by molar-refractivity contribution is 8.00. The Morgan fingerprint density at radius 3 is 1.47 bits per heavy atom. The van der Waals surface area contributed by atoms with Crippen LogP contribution < -0.4 is 21.3 Å². The van der Waals surface area contributed by atoms with Crippen molar-refractivity contribution in [3.63, 3.8) is 0 Å². The molecule has 0 radical (unpaired) electrons. The molecule has 78 heavy (non-hydrogen) atoms. The summed E-state index contributed by atoms with van der Waals surface area (Å²) in [6, 6.07) is 93.8. The van der Waals surface area contributed by atoms with Gasteiger partial charge in [-0.3, -0.25) is 0 Å². The van der Waals surface area contributed by atoms with Gasteiger partial charge in [-0.2, -0.15) is 0 Å². The molecule has 12 aromatic rings. The van der Waals surface area contributed by atoms with E-state index in [9.17, 15) is 0 Å². The third-order valence-electron chi connectivity index (χ3n) is 16.4. The quantitative estimate of drug-likeness (QED) is 0.126. The number of aromatic nitrogens is 1. The molecule has 0 spiro atoms. The number of benzene rings is 11. The van der Waals surface area contributed by atoms with Crippen molar-refractivity contribution in [3.8, 4) is 61.3 Å². The number of fused-ring (bicyclic) bond motifs is 7. The van der Waals surface area contributed by atoms with Crippen LogP contribution in [0.2, 0.25) is 0 Å². The minimum absolute atomic E-state index is 0.00959. The van der Waals surface area contributed by atoms with Crippen molar-refractivity contribution in [3.05, 3.63) is 260 Å². The molecule has 0 aliphatic carbocycles. The number of hydrogen-bond acceptors (Lipinski definition) is 2. The van der Waals surface area contributed by atoms with Gasteiger partial charge in [0.2, 0.25) is 6.71 Å². The molecule has 0 fully saturated rings. The van der Waals surface area contributed by atoms with E-state index in [1.165, 1.54) is 132 Å². The summed E-state index contributed by atoms with van der Waals surface area (Å²) < 4.78 is 2.50. The molecule has 0 saturated carbocycles. The molecule has 0 saturated heterocycles. The highest BCUT2D eigenvalue weighted by atomic mass is 32.2. The molecule has 0 N–H and O–H groups in total. The zero-order valence-electron chi connectivity index (χ0n) is 44.7. The number of aryl methyl sites for hydroxylation is 1. The van der Waals surface area contributed by atoms with Crippen LogP contribution in [0, 0.1) is 0 Å². The van der Waals surface area contributed by atoms with E-state index in [4.69, 9.17) is 0 Å². The van der Waals surface area contributed by atoms with Crippen LogP contribution in [0.3, 0.4) is 0 Å². The Balaban J connectivity index is 1.10. The molecule has 0 unspecified atom stereocenters. The van der Waals surface area contributed by atoms with Gasteiger partial charge in [-0.25, -0.2) is 0 Å². The van der Waals surface area contributed by atoms with Gasteiger partial charge in [-0.1, -0.05) is 245 Å². The van der Waals surface area contributed by atoms with Crippen molar-refractivity contribution >= 4 is 73.7 Å². The fourth-order valence-electron chi connectivity index (χ4n) is 12.4. The zero-order valence-corrected chi connectivity index (χ0v) is 45.5. The SMILES string of the molecule is CCCCc1cc2c3c(c1)N(c1c(-c4ccc(-c5ccccc5)cc4)cc(C(C)(C)C)cc1-c1ccc(-c4ccccc4)cc1)c1cc(-n4c5ccccc5c5ccccc54)ccc1B3c1cc(-c3ccccc3)ccc1S2. The van der Waals surface area contributed by atoms with Gasteiger partial charge in [0.15, 0.2) is 0 Å². The van der Waals surface area contributed by atoms with Gasteiger partial charge in [0.05, 0.1) is 16.7 Å². The fourth-order valence-corrected chi connectivity index (χ4v) is 13.6. The lowest BCUT2D eigenvalue weighted by Crippen LogP contribution is -2.60. The van der Waals surface area contributed by atoms with Gasteiger partial charge in [-0.05, 0) is 139 Å². The third kappa shape index (κ3) is 8.29. The lowest BCUT2D eigenvalue weighted by Gasteiger charge is -2.42. The van der Waals surface area contributed by atoms with Gasteiger partial charge < -0.3 is 9.47 Å². The second kappa shape index (κ2) is 19.5. The van der Waals surface area contributed by atoms with Gasteiger partial charge in [0.1, 0.15) is 0 Å². The van der Waals surface area contributed by atoms with Crippen molar-refractivity contribution < 1.29 is 0 Å². The lowest BCUT2D eigenvalue weighted by molar-refractivity contribution is 0.591. The Hall–Kier alpha value is -8.57. The second-order valence-corrected chi connectivity index (χ2v) is 23.4. The lowest BCUT2D eigenvalue weighted by atomic mass is 9.34. The van der Waals surface area contributed by atoms with Crippen LogP contribution in [-0.2, 0) is 11.8 Å². The van der Waals surface area contributed by atoms with E-state index in [0.29, 0.717) is 0 Å². The van der Waals surface area contributed by atoms with Gasteiger partial charge in [0, 0.05) is 48.8 Å². The van der Waals surface area contributed by atoms with Crippen LogP contribution in [0.1, 0.15) is 51.7 Å². The Bertz CT molecular complexity index is 4070. The van der Waals surface area contributed by atoms with Crippen molar-refractivity contribution in [1.82, 2.24) is 4.57 Å². The fraction of sp³-hybridized carbons (Fsp3) is 0.108. The van der Waals surface area contributed by atoms with Gasteiger partial charge in [-0.15, -0.1) is 0 Å². The topological polar surface area (TPSA) is 8.17 Å². The molecule has 2 nitrogen and oxygen atoms in total. The van der Waals surface area contributed by atoms with Crippen LogP contribution in [0.5, 0.6) is 0 Å². The average Bonchev–Trinajstić information content (AvgIpc) is 3.91. The number of nitrogens with zero attached hydrogens (tertiary/aromatic N) is 2. The molecular formula is C74H59BN2S. The van der Waals surface area contributed by atoms with Gasteiger partial charge >= 0.3 is 0 Å². The highest BCUT2D eigenvalue weighted by Crippen LogP contribution is 2.52. The number of hydrogen-bond donors (Lipinski definition) is 0. The molecule has 0 atom stereocenters. The van der Waals surface area contributed by atoms with Crippen LogP contribution in [0.25, 0.3) is 83.1 Å². The number of anilines is 3. The first kappa shape index (κ1) is 47.9. The molecular weight excluding hydrogens is 960 g/mol. The van der Waals surface area contributed by atoms with Crippen LogP contribution in [0.4, 0.5) is 17.1 Å². The first-order chi connectivity index (χ1) is 38.3. The van der Waals surface area contributed by atoms with Crippen molar-refractivity contribution in [1.29, 1.82) is 0 Å². The second-order valence-electron chi connectivity index (χ2n) is 22.3. The summed E-state index contributed by atoms with van der Waals surface area (Å²) in [5, 5.41) is 2.51. The average molecular weight is 1020 g/mol.